The van der Waals surface area contributed by atoms with Crippen molar-refractivity contribution in [2.45, 2.75) is 27.2 Å². The van der Waals surface area contributed by atoms with E-state index in [0.29, 0.717) is 18.4 Å². The first kappa shape index (κ1) is 11.8. The normalized spacial score (nSPS) is 10.4. The second-order valence-electron chi connectivity index (χ2n) is 3.78. The molecular weight excluding hydrogens is 190 g/mol. The zero-order valence-electron chi connectivity index (χ0n) is 9.66. The molecule has 0 amide bonds. The van der Waals surface area contributed by atoms with Gasteiger partial charge in [-0.2, -0.15) is 0 Å². The lowest BCUT2D eigenvalue weighted by molar-refractivity contribution is 0.326. The maximum absolute atomic E-state index is 5.28. The molecule has 1 aromatic heterocycles. The van der Waals surface area contributed by atoms with Crippen molar-refractivity contribution in [1.29, 1.82) is 0 Å². The van der Waals surface area contributed by atoms with E-state index in [1.165, 1.54) is 6.33 Å². The lowest BCUT2D eigenvalue weighted by Gasteiger charge is -2.08. The molecule has 1 heterocycles. The number of nitrogens with one attached hydrogen (secondary N) is 1. The van der Waals surface area contributed by atoms with Crippen molar-refractivity contribution in [3.05, 3.63) is 12.4 Å². The quantitative estimate of drug-likeness (QED) is 0.781. The van der Waals surface area contributed by atoms with Crippen LogP contribution in [0.25, 0.3) is 0 Å². The number of rotatable bonds is 6. The van der Waals surface area contributed by atoms with Crippen molar-refractivity contribution in [3.63, 3.8) is 0 Å². The Morgan fingerprint density at radius 1 is 1.40 bits per heavy atom. The molecule has 4 nitrogen and oxygen atoms in total. The standard InChI is InChI=1S/C11H19N3O/c1-4-15-11-7-10(13-8-14-11)12-6-5-9(2)3/h7-9H,4-6H2,1-3H3,(H,12,13,14). The summed E-state index contributed by atoms with van der Waals surface area (Å²) in [6.07, 6.45) is 2.65. The number of aromatic nitrogens is 2. The van der Waals surface area contributed by atoms with Crippen molar-refractivity contribution >= 4 is 5.82 Å². The molecule has 0 unspecified atom stereocenters. The third kappa shape index (κ3) is 4.63. The Morgan fingerprint density at radius 2 is 2.20 bits per heavy atom. The minimum absolute atomic E-state index is 0.625. The largest absolute Gasteiger partial charge is 0.478 e. The van der Waals surface area contributed by atoms with Gasteiger partial charge in [-0.05, 0) is 19.3 Å². The van der Waals surface area contributed by atoms with Gasteiger partial charge in [-0.15, -0.1) is 0 Å². The van der Waals surface area contributed by atoms with Gasteiger partial charge in [-0.25, -0.2) is 9.97 Å². The van der Waals surface area contributed by atoms with Crippen LogP contribution >= 0.6 is 0 Å². The van der Waals surface area contributed by atoms with Crippen LogP contribution in [-0.4, -0.2) is 23.1 Å². The van der Waals surface area contributed by atoms with Crippen molar-refractivity contribution < 1.29 is 4.74 Å². The highest BCUT2D eigenvalue weighted by molar-refractivity contribution is 5.36. The summed E-state index contributed by atoms with van der Waals surface area (Å²) < 4.78 is 5.28. The summed E-state index contributed by atoms with van der Waals surface area (Å²) in [6.45, 7) is 7.90. The molecule has 0 aliphatic heterocycles. The van der Waals surface area contributed by atoms with Crippen molar-refractivity contribution in [2.24, 2.45) is 5.92 Å². The molecule has 1 aromatic rings. The molecular formula is C11H19N3O. The van der Waals surface area contributed by atoms with E-state index in [0.717, 1.165) is 18.8 Å². The third-order valence-electron chi connectivity index (χ3n) is 1.96. The molecule has 0 atom stereocenters. The van der Waals surface area contributed by atoms with Gasteiger partial charge >= 0.3 is 0 Å². The number of anilines is 1. The van der Waals surface area contributed by atoms with Gasteiger partial charge in [-0.1, -0.05) is 13.8 Å². The summed E-state index contributed by atoms with van der Waals surface area (Å²) in [6, 6.07) is 1.82. The summed E-state index contributed by atoms with van der Waals surface area (Å²) >= 11 is 0. The number of nitrogens with zero attached hydrogens (tertiary/aromatic N) is 2. The molecule has 0 aliphatic rings. The van der Waals surface area contributed by atoms with E-state index in [4.69, 9.17) is 4.74 Å². The topological polar surface area (TPSA) is 47.0 Å². The van der Waals surface area contributed by atoms with Crippen molar-refractivity contribution in [2.75, 3.05) is 18.5 Å². The second kappa shape index (κ2) is 6.22. The number of ether oxygens (including phenoxy) is 1. The summed E-state index contributed by atoms with van der Waals surface area (Å²) in [4.78, 5) is 8.12. The first-order valence-electron chi connectivity index (χ1n) is 5.41. The van der Waals surface area contributed by atoms with E-state index in [-0.39, 0.29) is 0 Å². The van der Waals surface area contributed by atoms with Crippen LogP contribution in [0.15, 0.2) is 12.4 Å². The van der Waals surface area contributed by atoms with Crippen LogP contribution < -0.4 is 10.1 Å². The maximum Gasteiger partial charge on any atom is 0.218 e. The first-order valence-corrected chi connectivity index (χ1v) is 5.41. The summed E-state index contributed by atoms with van der Waals surface area (Å²) in [5.41, 5.74) is 0. The molecule has 1 N–H and O–H groups in total. The average Bonchev–Trinajstić information content (AvgIpc) is 2.18. The first-order chi connectivity index (χ1) is 7.22. The minimum Gasteiger partial charge on any atom is -0.478 e. The van der Waals surface area contributed by atoms with Gasteiger partial charge in [0.2, 0.25) is 5.88 Å². The summed E-state index contributed by atoms with van der Waals surface area (Å²) in [7, 11) is 0. The number of hydrogen-bond acceptors (Lipinski definition) is 4. The Balaban J connectivity index is 2.43. The zero-order valence-corrected chi connectivity index (χ0v) is 9.66. The molecule has 0 spiro atoms. The predicted octanol–water partition coefficient (Wildman–Crippen LogP) is 2.33. The monoisotopic (exact) mass is 209 g/mol. The fourth-order valence-corrected chi connectivity index (χ4v) is 1.15. The molecule has 0 radical (unpaired) electrons. The van der Waals surface area contributed by atoms with Gasteiger partial charge in [0, 0.05) is 12.6 Å². The fourth-order valence-electron chi connectivity index (χ4n) is 1.15. The Kier molecular flexibility index (Phi) is 4.87. The Morgan fingerprint density at radius 3 is 2.87 bits per heavy atom. The highest BCUT2D eigenvalue weighted by Crippen LogP contribution is 2.11. The van der Waals surface area contributed by atoms with E-state index >= 15 is 0 Å². The highest BCUT2D eigenvalue weighted by atomic mass is 16.5. The highest BCUT2D eigenvalue weighted by Gasteiger charge is 1.99. The van der Waals surface area contributed by atoms with Gasteiger partial charge < -0.3 is 10.1 Å². The minimum atomic E-state index is 0.625. The molecule has 4 heteroatoms. The van der Waals surface area contributed by atoms with Crippen LogP contribution in [0, 0.1) is 5.92 Å². The van der Waals surface area contributed by atoms with E-state index in [1.807, 2.05) is 13.0 Å². The molecule has 0 aliphatic carbocycles. The summed E-state index contributed by atoms with van der Waals surface area (Å²) in [5.74, 6) is 2.15. The Hall–Kier alpha value is -1.32. The second-order valence-corrected chi connectivity index (χ2v) is 3.78. The lowest BCUT2D eigenvalue weighted by atomic mass is 10.1. The van der Waals surface area contributed by atoms with Crippen LogP contribution in [-0.2, 0) is 0 Å². The van der Waals surface area contributed by atoms with Gasteiger partial charge in [0.1, 0.15) is 12.1 Å². The maximum atomic E-state index is 5.28. The van der Waals surface area contributed by atoms with Crippen molar-refractivity contribution in [3.8, 4) is 5.88 Å². The zero-order chi connectivity index (χ0) is 11.1. The number of hydrogen-bond donors (Lipinski definition) is 1. The SMILES string of the molecule is CCOc1cc(NCCC(C)C)ncn1. The van der Waals surface area contributed by atoms with Gasteiger partial charge in [0.15, 0.2) is 0 Å². The molecule has 0 saturated heterocycles. The van der Waals surface area contributed by atoms with Crippen LogP contribution in [0.5, 0.6) is 5.88 Å². The van der Waals surface area contributed by atoms with Gasteiger partial charge in [0.25, 0.3) is 0 Å². The average molecular weight is 209 g/mol. The molecule has 0 aromatic carbocycles. The van der Waals surface area contributed by atoms with Crippen LogP contribution in [0.4, 0.5) is 5.82 Å². The molecule has 0 fully saturated rings. The lowest BCUT2D eigenvalue weighted by Crippen LogP contribution is -2.06. The van der Waals surface area contributed by atoms with E-state index in [9.17, 15) is 0 Å². The predicted molar refractivity (Wildman–Crippen MR) is 61.1 cm³/mol. The van der Waals surface area contributed by atoms with E-state index in [2.05, 4.69) is 29.1 Å². The summed E-state index contributed by atoms with van der Waals surface area (Å²) in [5, 5.41) is 3.24. The Labute approximate surface area is 91.1 Å². The van der Waals surface area contributed by atoms with Crippen LogP contribution in [0.3, 0.4) is 0 Å². The molecule has 15 heavy (non-hydrogen) atoms. The fraction of sp³-hybridized carbons (Fsp3) is 0.636. The molecule has 1 rings (SSSR count). The third-order valence-corrected chi connectivity index (χ3v) is 1.96. The molecule has 0 saturated carbocycles. The van der Waals surface area contributed by atoms with Gasteiger partial charge in [-0.3, -0.25) is 0 Å². The Bertz CT molecular complexity index is 289. The van der Waals surface area contributed by atoms with Gasteiger partial charge in [0.05, 0.1) is 6.61 Å². The van der Waals surface area contributed by atoms with Crippen molar-refractivity contribution in [1.82, 2.24) is 9.97 Å². The molecule has 84 valence electrons. The smallest absolute Gasteiger partial charge is 0.218 e. The van der Waals surface area contributed by atoms with E-state index in [1.54, 1.807) is 0 Å². The van der Waals surface area contributed by atoms with Crippen LogP contribution in [0.1, 0.15) is 27.2 Å². The molecule has 0 bridgehead atoms. The van der Waals surface area contributed by atoms with Crippen LogP contribution in [0.2, 0.25) is 0 Å². The van der Waals surface area contributed by atoms with E-state index < -0.39 is 0 Å².